The second-order valence-electron chi connectivity index (χ2n) is 7.22. The lowest BCUT2D eigenvalue weighted by Crippen LogP contribution is -2.64. The standard InChI is InChI=1S/C16H28O7/c1-14(2)20-10-9-19-16(11(18-6)7-8-17-5)13(12(10)21-14)22-15(3,4)23-16/h10-13H,7-9H2,1-6H3/t10-,11+,12-,13+,16+/m1/s1. The number of hydrogen-bond acceptors (Lipinski definition) is 7. The number of ether oxygens (including phenoxy) is 7. The van der Waals surface area contributed by atoms with Crippen LogP contribution < -0.4 is 0 Å². The molecule has 5 atom stereocenters. The van der Waals surface area contributed by atoms with Crippen LogP contribution in [0.1, 0.15) is 34.1 Å². The lowest BCUT2D eigenvalue weighted by molar-refractivity contribution is -0.323. The molecule has 0 saturated carbocycles. The summed E-state index contributed by atoms with van der Waals surface area (Å²) in [6.45, 7) is 8.44. The van der Waals surface area contributed by atoms with E-state index in [1.807, 2.05) is 27.7 Å². The molecule has 3 saturated heterocycles. The molecular weight excluding hydrogens is 304 g/mol. The van der Waals surface area contributed by atoms with Gasteiger partial charge in [0.2, 0.25) is 5.79 Å². The number of fused-ring (bicyclic) bond motifs is 3. The fourth-order valence-electron chi connectivity index (χ4n) is 3.77. The molecule has 3 rings (SSSR count). The highest BCUT2D eigenvalue weighted by Crippen LogP contribution is 2.49. The van der Waals surface area contributed by atoms with Gasteiger partial charge < -0.3 is 33.2 Å². The van der Waals surface area contributed by atoms with Gasteiger partial charge in [-0.05, 0) is 27.7 Å². The van der Waals surface area contributed by atoms with E-state index in [4.69, 9.17) is 33.2 Å². The van der Waals surface area contributed by atoms with Crippen molar-refractivity contribution in [2.75, 3.05) is 27.4 Å². The first-order chi connectivity index (χ1) is 10.7. The molecule has 0 amide bonds. The van der Waals surface area contributed by atoms with Crippen LogP contribution in [0.4, 0.5) is 0 Å². The Morgan fingerprint density at radius 1 is 1.04 bits per heavy atom. The Bertz CT molecular complexity index is 438. The second kappa shape index (κ2) is 5.91. The summed E-state index contributed by atoms with van der Waals surface area (Å²) in [7, 11) is 3.30. The molecule has 7 nitrogen and oxygen atoms in total. The Kier molecular flexibility index (Phi) is 4.51. The largest absolute Gasteiger partial charge is 0.385 e. The number of rotatable bonds is 5. The van der Waals surface area contributed by atoms with Crippen molar-refractivity contribution in [3.8, 4) is 0 Å². The molecule has 134 valence electrons. The van der Waals surface area contributed by atoms with Crippen LogP contribution in [0.15, 0.2) is 0 Å². The Labute approximate surface area is 137 Å². The third kappa shape index (κ3) is 3.04. The maximum absolute atomic E-state index is 6.21. The molecule has 3 fully saturated rings. The molecule has 0 radical (unpaired) electrons. The predicted molar refractivity (Wildman–Crippen MR) is 79.8 cm³/mol. The minimum absolute atomic E-state index is 0.180. The first-order valence-electron chi connectivity index (χ1n) is 8.12. The molecule has 23 heavy (non-hydrogen) atoms. The van der Waals surface area contributed by atoms with Crippen molar-refractivity contribution in [1.82, 2.24) is 0 Å². The molecule has 0 bridgehead atoms. The van der Waals surface area contributed by atoms with Gasteiger partial charge in [0.1, 0.15) is 24.4 Å². The fraction of sp³-hybridized carbons (Fsp3) is 1.00. The number of hydrogen-bond donors (Lipinski definition) is 0. The highest BCUT2D eigenvalue weighted by atomic mass is 16.9. The van der Waals surface area contributed by atoms with Crippen LogP contribution in [0.25, 0.3) is 0 Å². The molecule has 0 aromatic rings. The van der Waals surface area contributed by atoms with Crippen LogP contribution in [-0.2, 0) is 33.2 Å². The molecule has 3 heterocycles. The summed E-state index contributed by atoms with van der Waals surface area (Å²) in [5.74, 6) is -2.48. The molecule has 0 spiro atoms. The first kappa shape index (κ1) is 17.5. The zero-order valence-corrected chi connectivity index (χ0v) is 14.8. The van der Waals surface area contributed by atoms with Gasteiger partial charge in [0.05, 0.1) is 6.61 Å². The molecule has 0 unspecified atom stereocenters. The lowest BCUT2D eigenvalue weighted by Gasteiger charge is -2.44. The molecule has 7 heteroatoms. The Morgan fingerprint density at radius 3 is 2.43 bits per heavy atom. The van der Waals surface area contributed by atoms with Crippen LogP contribution in [0.2, 0.25) is 0 Å². The summed E-state index contributed by atoms with van der Waals surface area (Å²) < 4.78 is 41.4. The SMILES string of the molecule is COCC[C@H](OC)[C@@]12OC[C@H]3OC(C)(C)O[C@H]3[C@@H]1OC(C)(C)O2. The van der Waals surface area contributed by atoms with Crippen LogP contribution in [0.5, 0.6) is 0 Å². The second-order valence-corrected chi connectivity index (χ2v) is 7.22. The zero-order valence-electron chi connectivity index (χ0n) is 14.8. The summed E-state index contributed by atoms with van der Waals surface area (Å²) in [6.07, 6.45) is -0.575. The van der Waals surface area contributed by atoms with E-state index in [0.29, 0.717) is 19.6 Å². The van der Waals surface area contributed by atoms with E-state index in [9.17, 15) is 0 Å². The smallest absolute Gasteiger partial charge is 0.227 e. The van der Waals surface area contributed by atoms with Gasteiger partial charge in [-0.2, -0.15) is 0 Å². The molecule has 3 aliphatic rings. The minimum atomic E-state index is -1.03. The van der Waals surface area contributed by atoms with Gasteiger partial charge in [-0.15, -0.1) is 0 Å². The Balaban J connectivity index is 1.90. The van der Waals surface area contributed by atoms with Crippen LogP contribution in [0, 0.1) is 0 Å². The Hall–Kier alpha value is -0.280. The van der Waals surface area contributed by atoms with Crippen molar-refractivity contribution >= 4 is 0 Å². The summed E-state index contributed by atoms with van der Waals surface area (Å²) in [4.78, 5) is 0. The molecule has 0 N–H and O–H groups in total. The third-order valence-corrected chi connectivity index (χ3v) is 4.52. The predicted octanol–water partition coefficient (Wildman–Crippen LogP) is 1.44. The van der Waals surface area contributed by atoms with E-state index in [-0.39, 0.29) is 18.3 Å². The van der Waals surface area contributed by atoms with Gasteiger partial charge in [0.15, 0.2) is 11.6 Å². The van der Waals surface area contributed by atoms with Crippen molar-refractivity contribution in [3.05, 3.63) is 0 Å². The van der Waals surface area contributed by atoms with Gasteiger partial charge in [0.25, 0.3) is 0 Å². The monoisotopic (exact) mass is 332 g/mol. The highest BCUT2D eigenvalue weighted by molar-refractivity contribution is 5.06. The van der Waals surface area contributed by atoms with Crippen molar-refractivity contribution in [2.24, 2.45) is 0 Å². The quantitative estimate of drug-likeness (QED) is 0.755. The van der Waals surface area contributed by atoms with Crippen LogP contribution >= 0.6 is 0 Å². The summed E-state index contributed by atoms with van der Waals surface area (Å²) in [5, 5.41) is 0. The van der Waals surface area contributed by atoms with Gasteiger partial charge in [-0.3, -0.25) is 0 Å². The van der Waals surface area contributed by atoms with Crippen molar-refractivity contribution in [3.63, 3.8) is 0 Å². The van der Waals surface area contributed by atoms with Crippen molar-refractivity contribution < 1.29 is 33.2 Å². The Morgan fingerprint density at radius 2 is 1.78 bits per heavy atom. The summed E-state index contributed by atoms with van der Waals surface area (Å²) in [5.41, 5.74) is 0. The van der Waals surface area contributed by atoms with Gasteiger partial charge in [-0.25, -0.2) is 0 Å². The molecule has 0 aromatic carbocycles. The molecule has 0 aliphatic carbocycles. The third-order valence-electron chi connectivity index (χ3n) is 4.52. The summed E-state index contributed by atoms with van der Waals surface area (Å²) in [6, 6.07) is 0. The normalized spacial score (nSPS) is 42.3. The highest BCUT2D eigenvalue weighted by Gasteiger charge is 2.68. The van der Waals surface area contributed by atoms with E-state index in [1.165, 1.54) is 0 Å². The van der Waals surface area contributed by atoms with E-state index in [0.717, 1.165) is 0 Å². The number of methoxy groups -OCH3 is 2. The molecular formula is C16H28O7. The van der Waals surface area contributed by atoms with Crippen molar-refractivity contribution in [2.45, 2.75) is 75.9 Å². The fourth-order valence-corrected chi connectivity index (χ4v) is 3.77. The van der Waals surface area contributed by atoms with Gasteiger partial charge >= 0.3 is 0 Å². The van der Waals surface area contributed by atoms with Gasteiger partial charge in [-0.1, -0.05) is 0 Å². The van der Waals surface area contributed by atoms with E-state index in [1.54, 1.807) is 14.2 Å². The average Bonchev–Trinajstić information content (AvgIpc) is 2.91. The van der Waals surface area contributed by atoms with Crippen molar-refractivity contribution in [1.29, 1.82) is 0 Å². The molecule has 3 aliphatic heterocycles. The molecule has 0 aromatic heterocycles. The summed E-state index contributed by atoms with van der Waals surface area (Å²) >= 11 is 0. The van der Waals surface area contributed by atoms with Crippen LogP contribution in [0.3, 0.4) is 0 Å². The lowest BCUT2D eigenvalue weighted by atomic mass is 9.91. The minimum Gasteiger partial charge on any atom is -0.385 e. The van der Waals surface area contributed by atoms with E-state index >= 15 is 0 Å². The van der Waals surface area contributed by atoms with Crippen LogP contribution in [-0.4, -0.2) is 69.2 Å². The van der Waals surface area contributed by atoms with E-state index < -0.39 is 23.5 Å². The maximum atomic E-state index is 6.21. The van der Waals surface area contributed by atoms with Gasteiger partial charge in [0, 0.05) is 27.2 Å². The first-order valence-corrected chi connectivity index (χ1v) is 8.12. The van der Waals surface area contributed by atoms with E-state index in [2.05, 4.69) is 0 Å². The topological polar surface area (TPSA) is 64.6 Å². The average molecular weight is 332 g/mol. The zero-order chi connectivity index (χ0) is 16.9. The maximum Gasteiger partial charge on any atom is 0.227 e.